The molecule has 0 spiro atoms. The molecule has 0 fully saturated rings. The van der Waals surface area contributed by atoms with Crippen LogP contribution in [0.25, 0.3) is 0 Å². The number of nitrogens with zero attached hydrogens (tertiary/aromatic N) is 2. The summed E-state index contributed by atoms with van der Waals surface area (Å²) in [6, 6.07) is 0. The van der Waals surface area contributed by atoms with Crippen molar-refractivity contribution < 1.29 is 15.3 Å². The van der Waals surface area contributed by atoms with Crippen LogP contribution in [-0.2, 0) is 0 Å². The van der Waals surface area contributed by atoms with Crippen molar-refractivity contribution in [2.24, 2.45) is 0 Å². The van der Waals surface area contributed by atoms with Gasteiger partial charge in [-0.05, 0) is 33.6 Å². The molecule has 5 nitrogen and oxygen atoms in total. The lowest BCUT2D eigenvalue weighted by Gasteiger charge is -2.30. The molecule has 194 valence electrons. The molecule has 0 saturated heterocycles. The summed E-state index contributed by atoms with van der Waals surface area (Å²) in [7, 11) is 0. The molecule has 3 N–H and O–H groups in total. The molecule has 0 rings (SSSR count). The lowest BCUT2D eigenvalue weighted by atomic mass is 10.0. The van der Waals surface area contributed by atoms with Crippen molar-refractivity contribution in [2.45, 2.75) is 156 Å². The first kappa shape index (κ1) is 31.8. The van der Waals surface area contributed by atoms with Gasteiger partial charge in [0.15, 0.2) is 0 Å². The minimum atomic E-state index is -0.657. The highest BCUT2D eigenvalue weighted by molar-refractivity contribution is 4.64. The number of aliphatic hydroxyl groups is 3. The molecule has 0 aliphatic rings. The van der Waals surface area contributed by atoms with Crippen molar-refractivity contribution in [1.29, 1.82) is 0 Å². The van der Waals surface area contributed by atoms with E-state index < -0.39 is 18.7 Å². The summed E-state index contributed by atoms with van der Waals surface area (Å²) >= 11 is 0. The Morgan fingerprint density at radius 3 is 1.12 bits per heavy atom. The van der Waals surface area contributed by atoms with Crippen LogP contribution in [0, 0.1) is 0 Å². The fraction of sp³-hybridized carbons (Fsp3) is 1.00. The monoisotopic (exact) mass is 458 g/mol. The van der Waals surface area contributed by atoms with Gasteiger partial charge < -0.3 is 15.3 Å². The van der Waals surface area contributed by atoms with Gasteiger partial charge in [0.2, 0.25) is 0 Å². The standard InChI is InChI=1S/C27H58N2O3/c1-5-6-7-8-9-10-11-12-13-14-15-16-17-18-19-20-22-28(25(2)30)23-21-24-29(26(3)31)27(4)32/h25-27,30-32H,5-24H2,1-4H3. The molecule has 0 aromatic carbocycles. The number of rotatable bonds is 24. The van der Waals surface area contributed by atoms with Crippen molar-refractivity contribution in [3.05, 3.63) is 0 Å². The molecule has 0 aliphatic carbocycles. The van der Waals surface area contributed by atoms with E-state index >= 15 is 0 Å². The van der Waals surface area contributed by atoms with Gasteiger partial charge in [-0.2, -0.15) is 0 Å². The Bertz CT molecular complexity index is 370. The van der Waals surface area contributed by atoms with Gasteiger partial charge in [-0.1, -0.05) is 103 Å². The SMILES string of the molecule is CCCCCCCCCCCCCCCCCCN(CCCN(C(C)O)C(C)O)C(C)O. The minimum Gasteiger partial charge on any atom is -0.379 e. The number of aliphatic hydroxyl groups excluding tert-OH is 3. The van der Waals surface area contributed by atoms with Crippen LogP contribution >= 0.6 is 0 Å². The first-order valence-corrected chi connectivity index (χ1v) is 13.9. The lowest BCUT2D eigenvalue weighted by Crippen LogP contribution is -2.42. The van der Waals surface area contributed by atoms with E-state index in [9.17, 15) is 15.3 Å². The van der Waals surface area contributed by atoms with E-state index in [1.807, 2.05) is 6.92 Å². The summed E-state index contributed by atoms with van der Waals surface area (Å²) in [5.74, 6) is 0. The second-order valence-corrected chi connectivity index (χ2v) is 9.83. The molecule has 0 amide bonds. The second-order valence-electron chi connectivity index (χ2n) is 9.83. The third kappa shape index (κ3) is 19.3. The molecule has 0 heterocycles. The van der Waals surface area contributed by atoms with Crippen LogP contribution in [0.15, 0.2) is 0 Å². The molecule has 0 bridgehead atoms. The van der Waals surface area contributed by atoms with Gasteiger partial charge in [0.1, 0.15) is 18.7 Å². The largest absolute Gasteiger partial charge is 0.379 e. The first-order chi connectivity index (χ1) is 15.4. The van der Waals surface area contributed by atoms with Crippen molar-refractivity contribution in [1.82, 2.24) is 9.80 Å². The van der Waals surface area contributed by atoms with Gasteiger partial charge in [-0.25, -0.2) is 0 Å². The maximum atomic E-state index is 10.0. The van der Waals surface area contributed by atoms with E-state index in [-0.39, 0.29) is 0 Å². The molecule has 3 unspecified atom stereocenters. The molecule has 0 aromatic rings. The Labute approximate surface area is 200 Å². The van der Waals surface area contributed by atoms with E-state index in [4.69, 9.17) is 0 Å². The number of hydrogen-bond donors (Lipinski definition) is 3. The number of unbranched alkanes of at least 4 members (excludes halogenated alkanes) is 15. The minimum absolute atomic E-state index is 0.446. The molecule has 0 radical (unpaired) electrons. The molecule has 32 heavy (non-hydrogen) atoms. The van der Waals surface area contributed by atoms with Gasteiger partial charge in [0, 0.05) is 19.6 Å². The first-order valence-electron chi connectivity index (χ1n) is 13.9. The predicted octanol–water partition coefficient (Wildman–Crippen LogP) is 6.26. The highest BCUT2D eigenvalue weighted by Gasteiger charge is 2.17. The summed E-state index contributed by atoms with van der Waals surface area (Å²) in [5.41, 5.74) is 0. The summed E-state index contributed by atoms with van der Waals surface area (Å²) < 4.78 is 0. The average Bonchev–Trinajstić information content (AvgIpc) is 2.74. The zero-order valence-electron chi connectivity index (χ0n) is 22.1. The molecular formula is C27H58N2O3. The van der Waals surface area contributed by atoms with Crippen molar-refractivity contribution in [3.8, 4) is 0 Å². The van der Waals surface area contributed by atoms with Gasteiger partial charge in [0.05, 0.1) is 0 Å². The van der Waals surface area contributed by atoms with E-state index in [2.05, 4.69) is 11.8 Å². The summed E-state index contributed by atoms with van der Waals surface area (Å²) in [6.07, 6.45) is 21.0. The smallest absolute Gasteiger partial charge is 0.106 e. The zero-order chi connectivity index (χ0) is 24.0. The van der Waals surface area contributed by atoms with Crippen molar-refractivity contribution >= 4 is 0 Å². The molecular weight excluding hydrogens is 400 g/mol. The molecule has 0 aromatic heterocycles. The fourth-order valence-corrected chi connectivity index (χ4v) is 4.49. The maximum Gasteiger partial charge on any atom is 0.106 e. The molecule has 5 heteroatoms. The van der Waals surface area contributed by atoms with Crippen LogP contribution in [-0.4, -0.2) is 63.4 Å². The Kier molecular flexibility index (Phi) is 22.4. The van der Waals surface area contributed by atoms with Crippen LogP contribution < -0.4 is 0 Å². The van der Waals surface area contributed by atoms with E-state index in [0.29, 0.717) is 6.54 Å². The topological polar surface area (TPSA) is 67.2 Å². The van der Waals surface area contributed by atoms with E-state index in [1.54, 1.807) is 18.7 Å². The Morgan fingerprint density at radius 2 is 0.781 bits per heavy atom. The Hall–Kier alpha value is -0.200. The lowest BCUT2D eigenvalue weighted by molar-refractivity contribution is -0.0865. The maximum absolute atomic E-state index is 10.0. The van der Waals surface area contributed by atoms with Gasteiger partial charge in [0.25, 0.3) is 0 Å². The van der Waals surface area contributed by atoms with Gasteiger partial charge in [-0.3, -0.25) is 9.80 Å². The number of hydrogen-bond acceptors (Lipinski definition) is 5. The van der Waals surface area contributed by atoms with E-state index in [0.717, 1.165) is 25.9 Å². The van der Waals surface area contributed by atoms with Crippen LogP contribution in [0.3, 0.4) is 0 Å². The Balaban J connectivity index is 3.56. The van der Waals surface area contributed by atoms with Gasteiger partial charge in [-0.15, -0.1) is 0 Å². The molecule has 0 aliphatic heterocycles. The normalized spacial score (nSPS) is 14.9. The highest BCUT2D eigenvalue weighted by atomic mass is 16.3. The van der Waals surface area contributed by atoms with Crippen LogP contribution in [0.1, 0.15) is 137 Å². The third-order valence-corrected chi connectivity index (χ3v) is 6.65. The third-order valence-electron chi connectivity index (χ3n) is 6.65. The average molecular weight is 459 g/mol. The second kappa shape index (κ2) is 22.6. The van der Waals surface area contributed by atoms with Crippen molar-refractivity contribution in [2.75, 3.05) is 19.6 Å². The molecule has 3 atom stereocenters. The highest BCUT2D eigenvalue weighted by Crippen LogP contribution is 2.14. The fourth-order valence-electron chi connectivity index (χ4n) is 4.49. The van der Waals surface area contributed by atoms with Crippen LogP contribution in [0.2, 0.25) is 0 Å². The predicted molar refractivity (Wildman–Crippen MR) is 137 cm³/mol. The molecule has 0 saturated carbocycles. The quantitative estimate of drug-likeness (QED) is 0.118. The summed E-state index contributed by atoms with van der Waals surface area (Å²) in [4.78, 5) is 3.76. The zero-order valence-corrected chi connectivity index (χ0v) is 22.1. The summed E-state index contributed by atoms with van der Waals surface area (Å²) in [5, 5.41) is 29.5. The van der Waals surface area contributed by atoms with E-state index in [1.165, 1.54) is 96.3 Å². The van der Waals surface area contributed by atoms with Crippen LogP contribution in [0.5, 0.6) is 0 Å². The Morgan fingerprint density at radius 1 is 0.438 bits per heavy atom. The van der Waals surface area contributed by atoms with Crippen LogP contribution in [0.4, 0.5) is 0 Å². The van der Waals surface area contributed by atoms with Gasteiger partial charge >= 0.3 is 0 Å². The van der Waals surface area contributed by atoms with Crippen molar-refractivity contribution in [3.63, 3.8) is 0 Å². The summed E-state index contributed by atoms with van der Waals surface area (Å²) in [6.45, 7) is 9.78.